The van der Waals surface area contributed by atoms with Gasteiger partial charge < -0.3 is 10.6 Å². The van der Waals surface area contributed by atoms with Crippen LogP contribution in [0.5, 0.6) is 0 Å². The first kappa shape index (κ1) is 13.2. The highest BCUT2D eigenvalue weighted by atomic mass is 19.3. The molecule has 0 aliphatic heterocycles. The average molecular weight is 238 g/mol. The molecule has 4 heteroatoms. The van der Waals surface area contributed by atoms with Crippen LogP contribution in [0.25, 0.3) is 0 Å². The van der Waals surface area contributed by atoms with Gasteiger partial charge in [-0.15, -0.1) is 0 Å². The zero-order valence-corrected chi connectivity index (χ0v) is 9.76. The van der Waals surface area contributed by atoms with Crippen LogP contribution in [0.3, 0.4) is 0 Å². The molecule has 0 saturated heterocycles. The molecule has 0 fully saturated rings. The Balaban J connectivity index is 2.72. The zero-order chi connectivity index (χ0) is 12.9. The van der Waals surface area contributed by atoms with Gasteiger partial charge in [0.05, 0.1) is 6.54 Å². The molecule has 1 aromatic rings. The molecule has 2 N–H and O–H groups in total. The highest BCUT2D eigenvalue weighted by Crippen LogP contribution is 2.28. The summed E-state index contributed by atoms with van der Waals surface area (Å²) in [5, 5.41) is 5.82. The number of alkyl halides is 2. The van der Waals surface area contributed by atoms with Crippen LogP contribution < -0.4 is 10.6 Å². The maximum absolute atomic E-state index is 13.1. The van der Waals surface area contributed by atoms with Gasteiger partial charge in [-0.2, -0.15) is 0 Å². The first-order valence-electron chi connectivity index (χ1n) is 5.21. The largest absolute Gasteiger partial charge is 0.386 e. The van der Waals surface area contributed by atoms with Crippen LogP contribution in [0.15, 0.2) is 49.3 Å². The third kappa shape index (κ3) is 4.26. The quantitative estimate of drug-likeness (QED) is 0.793. The molecular weight excluding hydrogens is 222 g/mol. The van der Waals surface area contributed by atoms with Crippen LogP contribution in [0.4, 0.5) is 14.5 Å². The summed E-state index contributed by atoms with van der Waals surface area (Å²) in [6.45, 7) is 8.65. The van der Waals surface area contributed by atoms with Crippen molar-refractivity contribution in [1.29, 1.82) is 0 Å². The van der Waals surface area contributed by atoms with Gasteiger partial charge in [0.1, 0.15) is 0 Å². The summed E-state index contributed by atoms with van der Waals surface area (Å²) in [6, 6.07) is 6.12. The Bertz CT molecular complexity index is 408. The van der Waals surface area contributed by atoms with Crippen molar-refractivity contribution >= 4 is 5.69 Å². The Labute approximate surface area is 100 Å². The van der Waals surface area contributed by atoms with Gasteiger partial charge in [-0.25, -0.2) is 8.78 Å². The number of rotatable bonds is 6. The van der Waals surface area contributed by atoms with E-state index in [1.54, 1.807) is 18.3 Å². The van der Waals surface area contributed by atoms with Crippen molar-refractivity contribution in [2.24, 2.45) is 0 Å². The molecule has 17 heavy (non-hydrogen) atoms. The first-order chi connectivity index (χ1) is 7.93. The van der Waals surface area contributed by atoms with Crippen molar-refractivity contribution in [1.82, 2.24) is 5.32 Å². The molecular formula is C13H16F2N2. The lowest BCUT2D eigenvalue weighted by molar-refractivity contribution is 0.0175. The fraction of sp³-hybridized carbons (Fsp3) is 0.231. The SMILES string of the molecule is C=CNCC(=C)Nc1cccc(C(C)(F)F)c1. The van der Waals surface area contributed by atoms with Crippen LogP contribution >= 0.6 is 0 Å². The smallest absolute Gasteiger partial charge is 0.270 e. The molecule has 1 aromatic carbocycles. The minimum Gasteiger partial charge on any atom is -0.386 e. The van der Waals surface area contributed by atoms with Gasteiger partial charge in [0.25, 0.3) is 5.92 Å². The molecule has 92 valence electrons. The van der Waals surface area contributed by atoms with Gasteiger partial charge >= 0.3 is 0 Å². The lowest BCUT2D eigenvalue weighted by Crippen LogP contribution is -2.14. The monoisotopic (exact) mass is 238 g/mol. The molecule has 0 heterocycles. The number of hydrogen-bond acceptors (Lipinski definition) is 2. The summed E-state index contributed by atoms with van der Waals surface area (Å²) >= 11 is 0. The van der Waals surface area contributed by atoms with E-state index in [0.717, 1.165) is 6.92 Å². The summed E-state index contributed by atoms with van der Waals surface area (Å²) in [5.74, 6) is -2.83. The van der Waals surface area contributed by atoms with E-state index in [-0.39, 0.29) is 5.56 Å². The van der Waals surface area contributed by atoms with Crippen molar-refractivity contribution in [3.05, 3.63) is 54.9 Å². The molecule has 2 nitrogen and oxygen atoms in total. The van der Waals surface area contributed by atoms with Gasteiger partial charge in [-0.1, -0.05) is 25.3 Å². The molecule has 0 aliphatic rings. The van der Waals surface area contributed by atoms with E-state index in [2.05, 4.69) is 23.8 Å². The molecule has 0 unspecified atom stereocenters. The van der Waals surface area contributed by atoms with Gasteiger partial charge in [0.2, 0.25) is 0 Å². The molecule has 0 amide bonds. The molecule has 0 bridgehead atoms. The number of nitrogens with one attached hydrogen (secondary N) is 2. The standard InChI is InChI=1S/C13H16F2N2/c1-4-16-9-10(2)17-12-7-5-6-11(8-12)13(3,14)15/h4-8,16-17H,1-2,9H2,3H3. The fourth-order valence-corrected chi connectivity index (χ4v) is 1.31. The predicted molar refractivity (Wildman–Crippen MR) is 67.0 cm³/mol. The topological polar surface area (TPSA) is 24.1 Å². The number of anilines is 1. The van der Waals surface area contributed by atoms with E-state index >= 15 is 0 Å². The molecule has 0 aromatic heterocycles. The van der Waals surface area contributed by atoms with Crippen molar-refractivity contribution in [2.45, 2.75) is 12.8 Å². The van der Waals surface area contributed by atoms with Crippen molar-refractivity contribution in [3.63, 3.8) is 0 Å². The Morgan fingerprint density at radius 2 is 2.18 bits per heavy atom. The molecule has 0 spiro atoms. The second-order valence-electron chi connectivity index (χ2n) is 3.78. The van der Waals surface area contributed by atoms with Crippen molar-refractivity contribution in [2.75, 3.05) is 11.9 Å². The maximum atomic E-state index is 13.1. The average Bonchev–Trinajstić information content (AvgIpc) is 2.25. The zero-order valence-electron chi connectivity index (χ0n) is 9.76. The summed E-state index contributed by atoms with van der Waals surface area (Å²) in [5.41, 5.74) is 1.26. The molecule has 0 atom stereocenters. The Morgan fingerprint density at radius 1 is 1.47 bits per heavy atom. The lowest BCUT2D eigenvalue weighted by Gasteiger charge is -2.14. The van der Waals surface area contributed by atoms with E-state index in [0.29, 0.717) is 17.9 Å². The van der Waals surface area contributed by atoms with E-state index in [4.69, 9.17) is 0 Å². The summed E-state index contributed by atoms with van der Waals surface area (Å²) in [6.07, 6.45) is 1.55. The van der Waals surface area contributed by atoms with E-state index in [9.17, 15) is 8.78 Å². The highest BCUT2D eigenvalue weighted by Gasteiger charge is 2.24. The van der Waals surface area contributed by atoms with Crippen LogP contribution in [-0.2, 0) is 5.92 Å². The molecule has 0 radical (unpaired) electrons. The minimum atomic E-state index is -2.83. The second-order valence-corrected chi connectivity index (χ2v) is 3.78. The Morgan fingerprint density at radius 3 is 2.76 bits per heavy atom. The molecule has 1 rings (SSSR count). The van der Waals surface area contributed by atoms with E-state index in [1.807, 2.05) is 0 Å². The van der Waals surface area contributed by atoms with Crippen LogP contribution in [-0.4, -0.2) is 6.54 Å². The van der Waals surface area contributed by atoms with E-state index in [1.165, 1.54) is 12.1 Å². The van der Waals surface area contributed by atoms with Crippen LogP contribution in [0, 0.1) is 0 Å². The summed E-state index contributed by atoms with van der Waals surface area (Å²) in [7, 11) is 0. The summed E-state index contributed by atoms with van der Waals surface area (Å²) < 4.78 is 26.2. The van der Waals surface area contributed by atoms with Gasteiger partial charge in [0, 0.05) is 23.9 Å². The highest BCUT2D eigenvalue weighted by molar-refractivity contribution is 5.50. The molecule has 0 saturated carbocycles. The summed E-state index contributed by atoms with van der Waals surface area (Å²) in [4.78, 5) is 0. The van der Waals surface area contributed by atoms with Crippen molar-refractivity contribution in [3.8, 4) is 0 Å². The number of halogens is 2. The number of benzene rings is 1. The van der Waals surface area contributed by atoms with Crippen LogP contribution in [0.2, 0.25) is 0 Å². The van der Waals surface area contributed by atoms with E-state index < -0.39 is 5.92 Å². The Kier molecular flexibility index (Phi) is 4.26. The third-order valence-electron chi connectivity index (χ3n) is 2.15. The predicted octanol–water partition coefficient (Wildman–Crippen LogP) is 3.46. The normalized spacial score (nSPS) is 10.8. The third-order valence-corrected chi connectivity index (χ3v) is 2.15. The Hall–Kier alpha value is -1.84. The van der Waals surface area contributed by atoms with Gasteiger partial charge in [0.15, 0.2) is 0 Å². The number of hydrogen-bond donors (Lipinski definition) is 2. The fourth-order valence-electron chi connectivity index (χ4n) is 1.31. The lowest BCUT2D eigenvalue weighted by atomic mass is 10.1. The minimum absolute atomic E-state index is 0.0213. The van der Waals surface area contributed by atoms with Crippen LogP contribution in [0.1, 0.15) is 12.5 Å². The van der Waals surface area contributed by atoms with Gasteiger partial charge in [-0.05, 0) is 18.3 Å². The van der Waals surface area contributed by atoms with Gasteiger partial charge in [-0.3, -0.25) is 0 Å². The second kappa shape index (κ2) is 5.48. The van der Waals surface area contributed by atoms with Crippen molar-refractivity contribution < 1.29 is 8.78 Å². The molecule has 0 aliphatic carbocycles. The maximum Gasteiger partial charge on any atom is 0.270 e. The first-order valence-corrected chi connectivity index (χ1v) is 5.21.